The Hall–Kier alpha value is -3.89. The minimum Gasteiger partial charge on any atom is -0.618 e. The van der Waals surface area contributed by atoms with Crippen LogP contribution >= 0.6 is 11.8 Å². The van der Waals surface area contributed by atoms with Gasteiger partial charge in [-0.3, -0.25) is 0 Å². The van der Waals surface area contributed by atoms with Gasteiger partial charge in [-0.2, -0.15) is 4.73 Å². The Bertz CT molecular complexity index is 1480. The van der Waals surface area contributed by atoms with E-state index in [0.717, 1.165) is 38.1 Å². The van der Waals surface area contributed by atoms with E-state index in [0.29, 0.717) is 30.3 Å². The van der Waals surface area contributed by atoms with Crippen molar-refractivity contribution >= 4 is 17.8 Å². The molecular weight excluding hydrogens is 550 g/mol. The molecule has 1 aromatic heterocycles. The molecule has 1 aliphatic rings. The molecule has 2 heterocycles. The van der Waals surface area contributed by atoms with Crippen LogP contribution in [0, 0.1) is 5.21 Å². The highest BCUT2D eigenvalue weighted by atomic mass is 32.2. The van der Waals surface area contributed by atoms with Crippen LogP contribution in [0.4, 0.5) is 4.79 Å². The minimum atomic E-state index is -0.607. The Labute approximate surface area is 250 Å². The highest BCUT2D eigenvalue weighted by Gasteiger charge is 2.33. The van der Waals surface area contributed by atoms with Gasteiger partial charge in [-0.15, -0.1) is 0 Å². The van der Waals surface area contributed by atoms with Crippen LogP contribution in [-0.4, -0.2) is 29.5 Å². The molecule has 1 aliphatic heterocycles. The van der Waals surface area contributed by atoms with Crippen LogP contribution in [-0.2, 0) is 22.6 Å². The highest BCUT2D eigenvalue weighted by Crippen LogP contribution is 2.40. The van der Waals surface area contributed by atoms with E-state index in [1.54, 1.807) is 6.07 Å². The summed E-state index contributed by atoms with van der Waals surface area (Å²) in [5.74, 6) is 0.595. The third kappa shape index (κ3) is 7.68. The summed E-state index contributed by atoms with van der Waals surface area (Å²) in [4.78, 5) is 11.8. The third-order valence-corrected chi connectivity index (χ3v) is 8.18. The Morgan fingerprint density at radius 1 is 0.929 bits per heavy atom. The second-order valence-electron chi connectivity index (χ2n) is 10.1. The van der Waals surface area contributed by atoms with E-state index in [9.17, 15) is 15.1 Å². The maximum atomic E-state index is 12.2. The molecule has 1 saturated heterocycles. The van der Waals surface area contributed by atoms with Gasteiger partial charge in [0.2, 0.25) is 0 Å². The SMILES string of the molecule is CCNC(=O)NCc1cccc(-c2cccc([C@@H]3O[C@H](CSc4cccc[n+]4[O-])C[C@H](c4ccc(CO)cc4)O3)c2)c1. The summed E-state index contributed by atoms with van der Waals surface area (Å²) in [5.41, 5.74) is 5.77. The number of hydrogen-bond donors (Lipinski definition) is 3. The van der Waals surface area contributed by atoms with Crippen LogP contribution in [0.1, 0.15) is 48.0 Å². The molecule has 42 heavy (non-hydrogen) atoms. The second kappa shape index (κ2) is 14.3. The van der Waals surface area contributed by atoms with Gasteiger partial charge in [0.1, 0.15) is 0 Å². The summed E-state index contributed by atoms with van der Waals surface area (Å²) in [5, 5.41) is 27.9. The van der Waals surface area contributed by atoms with Crippen LogP contribution in [0.2, 0.25) is 0 Å². The number of thioether (sulfide) groups is 1. The van der Waals surface area contributed by atoms with E-state index < -0.39 is 6.29 Å². The van der Waals surface area contributed by atoms with Crippen molar-refractivity contribution in [3.63, 3.8) is 0 Å². The number of nitrogens with one attached hydrogen (secondary N) is 2. The Morgan fingerprint density at radius 2 is 1.71 bits per heavy atom. The number of rotatable bonds is 10. The summed E-state index contributed by atoms with van der Waals surface area (Å²) in [6.07, 6.45) is 1.14. The van der Waals surface area contributed by atoms with E-state index in [4.69, 9.17) is 9.47 Å². The molecule has 0 saturated carbocycles. The molecule has 1 fully saturated rings. The summed E-state index contributed by atoms with van der Waals surface area (Å²) >= 11 is 1.47. The zero-order valence-corrected chi connectivity index (χ0v) is 24.3. The van der Waals surface area contributed by atoms with E-state index in [1.165, 1.54) is 18.0 Å². The number of carbonyl (C=O) groups excluding carboxylic acids is 1. The topological polar surface area (TPSA) is 107 Å². The fourth-order valence-corrected chi connectivity index (χ4v) is 5.79. The van der Waals surface area contributed by atoms with Crippen molar-refractivity contribution in [3.8, 4) is 11.1 Å². The monoisotopic (exact) mass is 585 g/mol. The number of carbonyl (C=O) groups is 1. The first kappa shape index (κ1) is 29.6. The van der Waals surface area contributed by atoms with Gasteiger partial charge in [-0.05, 0) is 52.9 Å². The van der Waals surface area contributed by atoms with Crippen molar-refractivity contribution in [2.24, 2.45) is 0 Å². The van der Waals surface area contributed by atoms with Gasteiger partial charge in [0.15, 0.2) is 12.5 Å². The number of aromatic nitrogens is 1. The average molecular weight is 586 g/mol. The van der Waals surface area contributed by atoms with Crippen LogP contribution in [0.3, 0.4) is 0 Å². The fraction of sp³-hybridized carbons (Fsp3) is 0.273. The summed E-state index contributed by atoms with van der Waals surface area (Å²) < 4.78 is 13.9. The van der Waals surface area contributed by atoms with Gasteiger partial charge in [-0.25, -0.2) is 4.79 Å². The maximum Gasteiger partial charge on any atom is 0.315 e. The molecule has 3 N–H and O–H groups in total. The van der Waals surface area contributed by atoms with E-state index in [-0.39, 0.29) is 24.8 Å². The molecule has 218 valence electrons. The normalized spacial score (nSPS) is 18.4. The molecule has 5 rings (SSSR count). The van der Waals surface area contributed by atoms with Gasteiger partial charge >= 0.3 is 6.03 Å². The average Bonchev–Trinajstić information content (AvgIpc) is 3.04. The molecule has 4 aromatic rings. The number of ether oxygens (including phenoxy) is 2. The molecular formula is C33H35N3O5S. The second-order valence-corrected chi connectivity index (χ2v) is 11.1. The first-order chi connectivity index (χ1) is 20.5. The molecule has 8 nitrogen and oxygen atoms in total. The summed E-state index contributed by atoms with van der Waals surface area (Å²) in [6.45, 7) is 2.87. The van der Waals surface area contributed by atoms with Crippen molar-refractivity contribution in [1.29, 1.82) is 0 Å². The zero-order chi connectivity index (χ0) is 29.3. The number of hydrogen-bond acceptors (Lipinski definition) is 6. The number of aliphatic hydroxyl groups is 1. The first-order valence-corrected chi connectivity index (χ1v) is 15.0. The molecule has 3 aromatic carbocycles. The maximum absolute atomic E-state index is 12.2. The number of nitrogens with zero attached hydrogens (tertiary/aromatic N) is 1. The van der Waals surface area contributed by atoms with Gasteiger partial charge < -0.3 is 30.4 Å². The Balaban J connectivity index is 1.36. The van der Waals surface area contributed by atoms with Crippen molar-refractivity contribution in [2.75, 3.05) is 12.3 Å². The molecule has 0 bridgehead atoms. The van der Waals surface area contributed by atoms with Crippen LogP contribution in [0.25, 0.3) is 11.1 Å². The number of pyridine rings is 1. The molecule has 0 aliphatic carbocycles. The number of amides is 2. The molecule has 2 amide bonds. The fourth-order valence-electron chi connectivity index (χ4n) is 4.86. The van der Waals surface area contributed by atoms with Crippen molar-refractivity contribution in [3.05, 3.63) is 125 Å². The number of benzene rings is 3. The Kier molecular flexibility index (Phi) is 10.1. The lowest BCUT2D eigenvalue weighted by molar-refractivity contribution is -0.645. The van der Waals surface area contributed by atoms with Gasteiger partial charge in [0, 0.05) is 43.0 Å². The lowest BCUT2D eigenvalue weighted by Crippen LogP contribution is -2.34. The quantitative estimate of drug-likeness (QED) is 0.126. The van der Waals surface area contributed by atoms with Crippen LogP contribution in [0.15, 0.2) is 102 Å². The number of aliphatic hydroxyl groups excluding tert-OH is 1. The molecule has 0 spiro atoms. The molecule has 0 unspecified atom stereocenters. The van der Waals surface area contributed by atoms with Gasteiger partial charge in [0.25, 0.3) is 5.03 Å². The van der Waals surface area contributed by atoms with Crippen molar-refractivity contribution in [1.82, 2.24) is 10.6 Å². The zero-order valence-electron chi connectivity index (χ0n) is 23.4. The highest BCUT2D eigenvalue weighted by molar-refractivity contribution is 7.99. The van der Waals surface area contributed by atoms with E-state index >= 15 is 0 Å². The van der Waals surface area contributed by atoms with Crippen molar-refractivity contribution < 1.29 is 24.1 Å². The predicted molar refractivity (Wildman–Crippen MR) is 162 cm³/mol. The molecule has 3 atom stereocenters. The summed E-state index contributed by atoms with van der Waals surface area (Å²) in [6, 6.07) is 29.2. The lowest BCUT2D eigenvalue weighted by atomic mass is 9.99. The largest absolute Gasteiger partial charge is 0.618 e. The third-order valence-electron chi connectivity index (χ3n) is 7.03. The smallest absolute Gasteiger partial charge is 0.315 e. The lowest BCUT2D eigenvalue weighted by Gasteiger charge is -2.36. The summed E-state index contributed by atoms with van der Waals surface area (Å²) in [7, 11) is 0. The first-order valence-electron chi connectivity index (χ1n) is 14.0. The van der Waals surface area contributed by atoms with Crippen LogP contribution in [0.5, 0.6) is 0 Å². The molecule has 0 radical (unpaired) electrons. The number of urea groups is 1. The van der Waals surface area contributed by atoms with Gasteiger partial charge in [0.05, 0.1) is 18.8 Å². The van der Waals surface area contributed by atoms with E-state index in [1.807, 2.05) is 79.7 Å². The standard InChI is InChI=1S/C33H35N3O5S/c1-2-34-33(38)35-20-24-7-5-8-26(17-24)27-9-6-10-28(18-27)32-40-29(22-42-31-11-3-4-16-36(31)39)19-30(41-32)25-14-12-23(21-37)13-15-25/h3-18,29-30,32,37H,2,19-22H2,1H3,(H2,34,35,38)/t29-,30+,32+/m0/s1. The van der Waals surface area contributed by atoms with Crippen molar-refractivity contribution in [2.45, 2.75) is 50.0 Å². The Morgan fingerprint density at radius 3 is 2.48 bits per heavy atom. The minimum absolute atomic E-state index is 0.0148. The van der Waals surface area contributed by atoms with Gasteiger partial charge in [-0.1, -0.05) is 72.4 Å². The van der Waals surface area contributed by atoms with E-state index in [2.05, 4.69) is 22.8 Å². The molecule has 9 heteroatoms. The van der Waals surface area contributed by atoms with Crippen LogP contribution < -0.4 is 15.4 Å². The predicted octanol–water partition coefficient (Wildman–Crippen LogP) is 5.64.